The summed E-state index contributed by atoms with van der Waals surface area (Å²) in [5.74, 6) is -1.03. The molecule has 0 saturated carbocycles. The Hall–Kier alpha value is -1.04. The van der Waals surface area contributed by atoms with Crippen molar-refractivity contribution in [2.75, 3.05) is 32.7 Å². The summed E-state index contributed by atoms with van der Waals surface area (Å²) < 4.78 is 26.7. The lowest BCUT2D eigenvalue weighted by molar-refractivity contribution is 0.0938. The van der Waals surface area contributed by atoms with Crippen LogP contribution >= 0.6 is 0 Å². The van der Waals surface area contributed by atoms with E-state index in [1.165, 1.54) is 12.1 Å². The fourth-order valence-electron chi connectivity index (χ4n) is 2.59. The molecule has 0 aromatic heterocycles. The fraction of sp³-hybridized carbons (Fsp3) is 0.571. The van der Waals surface area contributed by atoms with Crippen molar-refractivity contribution < 1.29 is 8.78 Å². The average molecular weight is 269 g/mol. The third-order valence-corrected chi connectivity index (χ3v) is 3.91. The van der Waals surface area contributed by atoms with Crippen LogP contribution in [-0.4, -0.2) is 43.2 Å². The predicted molar refractivity (Wildman–Crippen MR) is 72.0 cm³/mol. The number of hydrogen-bond acceptors (Lipinski definition) is 3. The van der Waals surface area contributed by atoms with Crippen molar-refractivity contribution in [3.05, 3.63) is 35.4 Å². The van der Waals surface area contributed by atoms with E-state index in [1.54, 1.807) is 0 Å². The molecule has 0 amide bonds. The molecule has 1 saturated heterocycles. The van der Waals surface area contributed by atoms with Crippen LogP contribution in [0.15, 0.2) is 18.2 Å². The van der Waals surface area contributed by atoms with Crippen molar-refractivity contribution >= 4 is 0 Å². The van der Waals surface area contributed by atoms with Crippen molar-refractivity contribution in [2.45, 2.75) is 18.9 Å². The van der Waals surface area contributed by atoms with Gasteiger partial charge < -0.3 is 11.1 Å². The van der Waals surface area contributed by atoms with Gasteiger partial charge >= 0.3 is 0 Å². The molecule has 3 nitrogen and oxygen atoms in total. The SMILES string of the molecule is CC(CN)(Cc1ccc(F)cc1F)N1CCNCC1. The number of benzene rings is 1. The lowest BCUT2D eigenvalue weighted by atomic mass is 9.90. The molecule has 1 unspecified atom stereocenters. The summed E-state index contributed by atoms with van der Waals surface area (Å²) in [6, 6.07) is 3.75. The Morgan fingerprint density at radius 1 is 1.32 bits per heavy atom. The van der Waals surface area contributed by atoms with Gasteiger partial charge in [-0.15, -0.1) is 0 Å². The predicted octanol–water partition coefficient (Wildman–Crippen LogP) is 1.13. The van der Waals surface area contributed by atoms with E-state index in [1.807, 2.05) is 6.92 Å². The molecular formula is C14H21F2N3. The first kappa shape index (κ1) is 14.4. The summed E-state index contributed by atoms with van der Waals surface area (Å²) in [5, 5.41) is 3.29. The van der Waals surface area contributed by atoms with Crippen LogP contribution in [0, 0.1) is 11.6 Å². The van der Waals surface area contributed by atoms with Gasteiger partial charge in [0.1, 0.15) is 11.6 Å². The molecule has 0 radical (unpaired) electrons. The van der Waals surface area contributed by atoms with E-state index < -0.39 is 11.6 Å². The molecule has 0 aliphatic carbocycles. The number of nitrogens with zero attached hydrogens (tertiary/aromatic N) is 1. The number of hydrogen-bond donors (Lipinski definition) is 2. The van der Waals surface area contributed by atoms with Gasteiger partial charge in [0.15, 0.2) is 0 Å². The third kappa shape index (κ3) is 3.29. The molecule has 1 aliphatic rings. The first-order chi connectivity index (χ1) is 9.05. The first-order valence-electron chi connectivity index (χ1n) is 6.65. The number of nitrogens with one attached hydrogen (secondary N) is 1. The van der Waals surface area contributed by atoms with Crippen LogP contribution in [0.1, 0.15) is 12.5 Å². The quantitative estimate of drug-likeness (QED) is 0.861. The Bertz CT molecular complexity index is 433. The van der Waals surface area contributed by atoms with Gasteiger partial charge in [0.05, 0.1) is 0 Å². The van der Waals surface area contributed by atoms with Crippen LogP contribution in [0.2, 0.25) is 0 Å². The number of rotatable bonds is 4. The summed E-state index contributed by atoms with van der Waals surface area (Å²) in [4.78, 5) is 2.28. The van der Waals surface area contributed by atoms with Gasteiger partial charge in [-0.1, -0.05) is 6.07 Å². The topological polar surface area (TPSA) is 41.3 Å². The van der Waals surface area contributed by atoms with Crippen LogP contribution in [0.5, 0.6) is 0 Å². The van der Waals surface area contributed by atoms with Gasteiger partial charge in [0, 0.05) is 44.3 Å². The van der Waals surface area contributed by atoms with Gasteiger partial charge in [-0.05, 0) is 25.0 Å². The number of piperazine rings is 1. The number of nitrogens with two attached hydrogens (primary N) is 1. The van der Waals surface area contributed by atoms with E-state index in [9.17, 15) is 8.78 Å². The van der Waals surface area contributed by atoms with Crippen LogP contribution in [-0.2, 0) is 6.42 Å². The van der Waals surface area contributed by atoms with Gasteiger partial charge in [-0.2, -0.15) is 0 Å². The van der Waals surface area contributed by atoms with E-state index in [0.717, 1.165) is 32.2 Å². The molecule has 1 heterocycles. The van der Waals surface area contributed by atoms with Crippen molar-refractivity contribution in [1.29, 1.82) is 0 Å². The summed E-state index contributed by atoms with van der Waals surface area (Å²) in [7, 11) is 0. The van der Waals surface area contributed by atoms with E-state index >= 15 is 0 Å². The van der Waals surface area contributed by atoms with Crippen LogP contribution in [0.3, 0.4) is 0 Å². The largest absolute Gasteiger partial charge is 0.329 e. The molecule has 0 bridgehead atoms. The maximum Gasteiger partial charge on any atom is 0.129 e. The zero-order valence-corrected chi connectivity index (χ0v) is 11.3. The minimum absolute atomic E-state index is 0.291. The molecule has 0 spiro atoms. The van der Waals surface area contributed by atoms with E-state index in [2.05, 4.69) is 10.2 Å². The van der Waals surface area contributed by atoms with Crippen LogP contribution in [0.25, 0.3) is 0 Å². The second-order valence-electron chi connectivity index (χ2n) is 5.35. The zero-order chi connectivity index (χ0) is 13.9. The van der Waals surface area contributed by atoms with Gasteiger partial charge in [-0.3, -0.25) is 4.90 Å². The highest BCUT2D eigenvalue weighted by Crippen LogP contribution is 2.22. The fourth-order valence-corrected chi connectivity index (χ4v) is 2.59. The first-order valence-corrected chi connectivity index (χ1v) is 6.65. The van der Waals surface area contributed by atoms with Crippen molar-refractivity contribution in [2.24, 2.45) is 5.73 Å². The smallest absolute Gasteiger partial charge is 0.129 e. The monoisotopic (exact) mass is 269 g/mol. The van der Waals surface area contributed by atoms with Gasteiger partial charge in [0.25, 0.3) is 0 Å². The Morgan fingerprint density at radius 3 is 2.58 bits per heavy atom. The molecule has 1 atom stereocenters. The molecule has 1 aromatic rings. The van der Waals surface area contributed by atoms with Gasteiger partial charge in [-0.25, -0.2) is 8.78 Å². The van der Waals surface area contributed by atoms with Crippen molar-refractivity contribution in [3.63, 3.8) is 0 Å². The normalized spacial score (nSPS) is 20.2. The third-order valence-electron chi connectivity index (χ3n) is 3.91. The highest BCUT2D eigenvalue weighted by Gasteiger charge is 2.32. The van der Waals surface area contributed by atoms with E-state index in [-0.39, 0.29) is 5.54 Å². The summed E-state index contributed by atoms with van der Waals surface area (Å²) >= 11 is 0. The van der Waals surface area contributed by atoms with Crippen LogP contribution < -0.4 is 11.1 Å². The summed E-state index contributed by atoms with van der Waals surface area (Å²) in [5.41, 5.74) is 6.14. The van der Waals surface area contributed by atoms with Crippen molar-refractivity contribution in [1.82, 2.24) is 10.2 Å². The lowest BCUT2D eigenvalue weighted by Gasteiger charge is -2.43. The minimum Gasteiger partial charge on any atom is -0.329 e. The highest BCUT2D eigenvalue weighted by molar-refractivity contribution is 5.21. The van der Waals surface area contributed by atoms with Crippen molar-refractivity contribution in [3.8, 4) is 0 Å². The lowest BCUT2D eigenvalue weighted by Crippen LogP contribution is -2.59. The van der Waals surface area contributed by atoms with E-state index in [0.29, 0.717) is 18.5 Å². The molecule has 1 aliphatic heterocycles. The molecule has 1 aromatic carbocycles. The Kier molecular flexibility index (Phi) is 4.50. The molecule has 5 heteroatoms. The summed E-state index contributed by atoms with van der Waals surface area (Å²) in [6.07, 6.45) is 0.496. The maximum atomic E-state index is 13.8. The average Bonchev–Trinajstić information content (AvgIpc) is 2.43. The molecule has 106 valence electrons. The van der Waals surface area contributed by atoms with Crippen LogP contribution in [0.4, 0.5) is 8.78 Å². The zero-order valence-electron chi connectivity index (χ0n) is 11.3. The minimum atomic E-state index is -0.544. The summed E-state index contributed by atoms with van der Waals surface area (Å²) in [6.45, 7) is 6.13. The Balaban J connectivity index is 2.16. The molecule has 3 N–H and O–H groups in total. The van der Waals surface area contributed by atoms with E-state index in [4.69, 9.17) is 5.73 Å². The second kappa shape index (κ2) is 5.94. The molecule has 1 fully saturated rings. The molecular weight excluding hydrogens is 248 g/mol. The number of halogens is 2. The highest BCUT2D eigenvalue weighted by atomic mass is 19.1. The standard InChI is InChI=1S/C14H21F2N3/c1-14(10-17,19-6-4-18-5-7-19)9-11-2-3-12(15)8-13(11)16/h2-3,8,18H,4-7,9-10,17H2,1H3. The molecule has 2 rings (SSSR count). The van der Waals surface area contributed by atoms with Gasteiger partial charge in [0.2, 0.25) is 0 Å². The second-order valence-corrected chi connectivity index (χ2v) is 5.35. The Labute approximate surface area is 112 Å². The Morgan fingerprint density at radius 2 is 2.00 bits per heavy atom. The maximum absolute atomic E-state index is 13.8. The molecule has 19 heavy (non-hydrogen) atoms.